The van der Waals surface area contributed by atoms with Crippen molar-refractivity contribution < 1.29 is 19.4 Å². The number of nitrogens with zero attached hydrogens (tertiary/aromatic N) is 1. The molecule has 0 spiro atoms. The van der Waals surface area contributed by atoms with Crippen LogP contribution >= 0.6 is 0 Å². The van der Waals surface area contributed by atoms with Crippen LogP contribution in [-0.4, -0.2) is 50.7 Å². The highest BCUT2D eigenvalue weighted by atomic mass is 16.6. The van der Waals surface area contributed by atoms with Gasteiger partial charge in [0.15, 0.2) is 0 Å². The van der Waals surface area contributed by atoms with E-state index in [1.807, 2.05) is 31.2 Å². The molecule has 8 nitrogen and oxygen atoms in total. The molecular formula is C21H27N4O4+. The van der Waals surface area contributed by atoms with Crippen molar-refractivity contribution in [2.75, 3.05) is 45.2 Å². The predicted octanol–water partition coefficient (Wildman–Crippen LogP) is 1.33. The zero-order chi connectivity index (χ0) is 20.8. The monoisotopic (exact) mass is 399 g/mol. The first-order valence-electron chi connectivity index (χ1n) is 9.73. The molecule has 0 aromatic heterocycles. The molecule has 1 heterocycles. The van der Waals surface area contributed by atoms with Crippen LogP contribution in [0.3, 0.4) is 0 Å². The summed E-state index contributed by atoms with van der Waals surface area (Å²) in [5, 5.41) is 17.2. The first-order valence-corrected chi connectivity index (χ1v) is 9.73. The fourth-order valence-corrected chi connectivity index (χ4v) is 3.48. The summed E-state index contributed by atoms with van der Waals surface area (Å²) in [6.07, 6.45) is 0. The van der Waals surface area contributed by atoms with Crippen LogP contribution < -0.4 is 15.5 Å². The zero-order valence-corrected chi connectivity index (χ0v) is 16.7. The molecule has 154 valence electrons. The van der Waals surface area contributed by atoms with E-state index in [0.717, 1.165) is 30.8 Å². The van der Waals surface area contributed by atoms with E-state index in [4.69, 9.17) is 4.74 Å². The van der Waals surface area contributed by atoms with Crippen LogP contribution in [-0.2, 0) is 4.74 Å². The Morgan fingerprint density at radius 3 is 2.52 bits per heavy atom. The van der Waals surface area contributed by atoms with Crippen molar-refractivity contribution in [3.8, 4) is 0 Å². The molecule has 0 unspecified atom stereocenters. The number of hydrogen-bond donors (Lipinski definition) is 3. The molecule has 8 heteroatoms. The van der Waals surface area contributed by atoms with Gasteiger partial charge in [0.25, 0.3) is 11.6 Å². The van der Waals surface area contributed by atoms with Crippen molar-refractivity contribution in [1.82, 2.24) is 5.32 Å². The van der Waals surface area contributed by atoms with E-state index in [-0.39, 0.29) is 23.2 Å². The third kappa shape index (κ3) is 5.30. The minimum Gasteiger partial charge on any atom is -0.383 e. The van der Waals surface area contributed by atoms with Gasteiger partial charge in [0.05, 0.1) is 18.1 Å². The molecule has 1 saturated heterocycles. The van der Waals surface area contributed by atoms with E-state index < -0.39 is 4.92 Å². The lowest BCUT2D eigenvalue weighted by molar-refractivity contribution is -0.909. The maximum absolute atomic E-state index is 12.9. The lowest BCUT2D eigenvalue weighted by Gasteiger charge is -2.28. The van der Waals surface area contributed by atoms with Gasteiger partial charge in [0, 0.05) is 18.7 Å². The number of nitro benzene ring substituents is 1. The highest BCUT2D eigenvalue weighted by molar-refractivity contribution is 5.96. The number of nitro groups is 1. The number of ether oxygens (including phenoxy) is 1. The summed E-state index contributed by atoms with van der Waals surface area (Å²) >= 11 is 0. The van der Waals surface area contributed by atoms with Gasteiger partial charge in [-0.2, -0.15) is 0 Å². The van der Waals surface area contributed by atoms with Gasteiger partial charge in [-0.3, -0.25) is 14.9 Å². The van der Waals surface area contributed by atoms with Crippen LogP contribution in [0.5, 0.6) is 0 Å². The smallest absolute Gasteiger partial charge is 0.293 e. The molecule has 2 aromatic carbocycles. The molecular weight excluding hydrogens is 372 g/mol. The first kappa shape index (κ1) is 20.8. The Morgan fingerprint density at radius 1 is 1.21 bits per heavy atom. The molecule has 1 aliphatic heterocycles. The molecule has 1 fully saturated rings. The number of hydrogen-bond acceptors (Lipinski definition) is 5. The number of carbonyl (C=O) groups is 1. The van der Waals surface area contributed by atoms with Crippen molar-refractivity contribution in [2.45, 2.75) is 13.0 Å². The minimum atomic E-state index is -0.488. The van der Waals surface area contributed by atoms with Gasteiger partial charge in [-0.15, -0.1) is 0 Å². The Hall–Kier alpha value is -2.97. The van der Waals surface area contributed by atoms with Gasteiger partial charge in [0.2, 0.25) is 0 Å². The summed E-state index contributed by atoms with van der Waals surface area (Å²) in [6, 6.07) is 12.4. The number of aryl methyl sites for hydroxylation is 1. The molecule has 0 radical (unpaired) electrons. The molecule has 0 aliphatic carbocycles. The lowest BCUT2D eigenvalue weighted by atomic mass is 10.0. The van der Waals surface area contributed by atoms with Gasteiger partial charge >= 0.3 is 0 Å². The van der Waals surface area contributed by atoms with E-state index in [0.29, 0.717) is 18.9 Å². The number of morpholine rings is 1. The van der Waals surface area contributed by atoms with Crippen LogP contribution in [0.25, 0.3) is 0 Å². The number of benzene rings is 2. The normalized spacial score (nSPS) is 15.5. The Bertz CT molecular complexity index is 863. The van der Waals surface area contributed by atoms with E-state index in [1.54, 1.807) is 19.2 Å². The molecule has 0 saturated carbocycles. The number of carbonyl (C=O) groups excluding carboxylic acids is 1. The maximum atomic E-state index is 12.9. The van der Waals surface area contributed by atoms with E-state index in [9.17, 15) is 14.9 Å². The number of amides is 1. The Balaban J connectivity index is 1.82. The van der Waals surface area contributed by atoms with E-state index in [1.165, 1.54) is 11.0 Å². The van der Waals surface area contributed by atoms with Crippen molar-refractivity contribution >= 4 is 17.3 Å². The van der Waals surface area contributed by atoms with Gasteiger partial charge in [-0.1, -0.05) is 29.8 Å². The fraction of sp³-hybridized carbons (Fsp3) is 0.381. The van der Waals surface area contributed by atoms with Gasteiger partial charge in [-0.05, 0) is 24.6 Å². The van der Waals surface area contributed by atoms with E-state index in [2.05, 4.69) is 10.6 Å². The summed E-state index contributed by atoms with van der Waals surface area (Å²) in [4.78, 5) is 25.1. The Morgan fingerprint density at radius 2 is 1.90 bits per heavy atom. The van der Waals surface area contributed by atoms with Crippen molar-refractivity contribution in [2.24, 2.45) is 0 Å². The van der Waals surface area contributed by atoms with Gasteiger partial charge in [0.1, 0.15) is 31.4 Å². The SMILES string of the molecule is CNc1ccc(C(=O)N[C@H](C[NH+]2CCOCC2)c2ccc(C)cc2)cc1[N+](=O)[O-]. The van der Waals surface area contributed by atoms with Gasteiger partial charge in [-0.25, -0.2) is 0 Å². The third-order valence-electron chi connectivity index (χ3n) is 5.20. The molecule has 0 bridgehead atoms. The highest BCUT2D eigenvalue weighted by Gasteiger charge is 2.24. The number of anilines is 1. The Kier molecular flexibility index (Phi) is 6.79. The summed E-state index contributed by atoms with van der Waals surface area (Å²) in [5.74, 6) is -0.325. The second kappa shape index (κ2) is 9.49. The lowest BCUT2D eigenvalue weighted by Crippen LogP contribution is -3.14. The largest absolute Gasteiger partial charge is 0.383 e. The fourth-order valence-electron chi connectivity index (χ4n) is 3.48. The summed E-state index contributed by atoms with van der Waals surface area (Å²) in [7, 11) is 1.61. The van der Waals surface area contributed by atoms with E-state index >= 15 is 0 Å². The number of rotatable bonds is 7. The first-order chi connectivity index (χ1) is 14.0. The Labute approximate surface area is 170 Å². The molecule has 1 aliphatic rings. The average Bonchev–Trinajstić information content (AvgIpc) is 2.74. The van der Waals surface area contributed by atoms with Crippen LogP contribution in [0.15, 0.2) is 42.5 Å². The summed E-state index contributed by atoms with van der Waals surface area (Å²) in [6.45, 7) is 5.95. The molecule has 29 heavy (non-hydrogen) atoms. The molecule has 3 N–H and O–H groups in total. The van der Waals surface area contributed by atoms with Crippen molar-refractivity contribution in [3.63, 3.8) is 0 Å². The molecule has 1 amide bonds. The zero-order valence-electron chi connectivity index (χ0n) is 16.7. The van der Waals surface area contributed by atoms with Crippen LogP contribution in [0, 0.1) is 17.0 Å². The van der Waals surface area contributed by atoms with Gasteiger partial charge < -0.3 is 20.3 Å². The third-order valence-corrected chi connectivity index (χ3v) is 5.20. The number of quaternary nitrogens is 1. The summed E-state index contributed by atoms with van der Waals surface area (Å²) in [5.41, 5.74) is 2.69. The van der Waals surface area contributed by atoms with Crippen LogP contribution in [0.4, 0.5) is 11.4 Å². The average molecular weight is 399 g/mol. The summed E-state index contributed by atoms with van der Waals surface area (Å²) < 4.78 is 5.43. The molecule has 2 aromatic rings. The standard InChI is InChI=1S/C21H26N4O4/c1-15-3-5-16(6-4-15)19(14-24-9-11-29-12-10-24)23-21(26)17-7-8-18(22-2)20(13-17)25(27)28/h3-8,13,19,22H,9-12,14H2,1-2H3,(H,23,26)/p+1/t19-/m1/s1. The molecule has 3 rings (SSSR count). The van der Waals surface area contributed by atoms with Crippen molar-refractivity contribution in [3.05, 3.63) is 69.3 Å². The molecule has 1 atom stereocenters. The second-order valence-corrected chi connectivity index (χ2v) is 7.24. The quantitative estimate of drug-likeness (QED) is 0.482. The van der Waals surface area contributed by atoms with Crippen LogP contribution in [0.1, 0.15) is 27.5 Å². The highest BCUT2D eigenvalue weighted by Crippen LogP contribution is 2.25. The second-order valence-electron chi connectivity index (χ2n) is 7.24. The topological polar surface area (TPSA) is 97.9 Å². The predicted molar refractivity (Wildman–Crippen MR) is 110 cm³/mol. The number of nitrogens with one attached hydrogen (secondary N) is 3. The van der Waals surface area contributed by atoms with Crippen molar-refractivity contribution in [1.29, 1.82) is 0 Å². The maximum Gasteiger partial charge on any atom is 0.293 e. The minimum absolute atomic E-state index is 0.120. The van der Waals surface area contributed by atoms with Crippen LogP contribution in [0.2, 0.25) is 0 Å².